The summed E-state index contributed by atoms with van der Waals surface area (Å²) in [6.45, 7) is 5.86. The van der Waals surface area contributed by atoms with Crippen LogP contribution in [-0.2, 0) is 5.41 Å². The first-order valence-corrected chi connectivity index (χ1v) is 8.83. The van der Waals surface area contributed by atoms with Crippen molar-refractivity contribution in [1.29, 1.82) is 0 Å². The molecule has 2 aromatic heterocycles. The van der Waals surface area contributed by atoms with Crippen molar-refractivity contribution in [3.05, 3.63) is 80.1 Å². The molecule has 1 N–H and O–H groups in total. The minimum atomic E-state index is -0.792. The number of hydrogen-bond donors (Lipinski definition) is 1. The standard InChI is InChI=1S/C19H18N6O5/c1-19(2,3)15-11-17(23(22-15)16-6-4-5-7-20-16)21-18(26)12-8-13(24(27)28)10-14(9-12)25(29)30/h4-11H,1-3H3,(H,21,26). The zero-order chi connectivity index (χ0) is 22.1. The van der Waals surface area contributed by atoms with E-state index in [1.54, 1.807) is 30.5 Å². The minimum Gasteiger partial charge on any atom is -0.306 e. The Morgan fingerprint density at radius 1 is 1.03 bits per heavy atom. The number of hydrogen-bond acceptors (Lipinski definition) is 7. The zero-order valence-electron chi connectivity index (χ0n) is 16.4. The van der Waals surface area contributed by atoms with E-state index < -0.39 is 27.1 Å². The molecule has 0 atom stereocenters. The summed E-state index contributed by atoms with van der Waals surface area (Å²) in [6, 6.07) is 9.62. The summed E-state index contributed by atoms with van der Waals surface area (Å²) in [6.07, 6.45) is 1.57. The van der Waals surface area contributed by atoms with Gasteiger partial charge in [-0.2, -0.15) is 9.78 Å². The monoisotopic (exact) mass is 410 g/mol. The SMILES string of the molecule is CC(C)(C)c1cc(NC(=O)c2cc([N+](=O)[O-])cc([N+](=O)[O-])c2)n(-c2ccccn2)n1. The summed E-state index contributed by atoms with van der Waals surface area (Å²) < 4.78 is 1.43. The van der Waals surface area contributed by atoms with Gasteiger partial charge in [0.25, 0.3) is 17.3 Å². The molecular weight excluding hydrogens is 392 g/mol. The van der Waals surface area contributed by atoms with Crippen molar-refractivity contribution in [2.75, 3.05) is 5.32 Å². The molecule has 30 heavy (non-hydrogen) atoms. The van der Waals surface area contributed by atoms with Gasteiger partial charge in [0.2, 0.25) is 0 Å². The molecule has 0 radical (unpaired) electrons. The molecule has 0 bridgehead atoms. The number of carbonyl (C=O) groups is 1. The third-order valence-corrected chi connectivity index (χ3v) is 4.17. The number of nitro benzene ring substituents is 2. The maximum Gasteiger partial charge on any atom is 0.277 e. The van der Waals surface area contributed by atoms with Gasteiger partial charge in [-0.3, -0.25) is 25.0 Å². The van der Waals surface area contributed by atoms with Gasteiger partial charge >= 0.3 is 0 Å². The first-order chi connectivity index (χ1) is 14.1. The minimum absolute atomic E-state index is 0.220. The van der Waals surface area contributed by atoms with Crippen molar-refractivity contribution in [2.24, 2.45) is 0 Å². The van der Waals surface area contributed by atoms with Gasteiger partial charge in [-0.1, -0.05) is 26.8 Å². The number of aromatic nitrogens is 3. The second kappa shape index (κ2) is 7.70. The van der Waals surface area contributed by atoms with Crippen LogP contribution in [-0.4, -0.2) is 30.5 Å². The number of nitrogens with one attached hydrogen (secondary N) is 1. The molecule has 0 saturated carbocycles. The number of non-ortho nitro benzene ring substituents is 2. The molecular formula is C19H18N6O5. The lowest BCUT2D eigenvalue weighted by atomic mass is 9.92. The van der Waals surface area contributed by atoms with E-state index in [-0.39, 0.29) is 16.8 Å². The lowest BCUT2D eigenvalue weighted by molar-refractivity contribution is -0.394. The topological polar surface area (TPSA) is 146 Å². The van der Waals surface area contributed by atoms with Crippen molar-refractivity contribution >= 4 is 23.1 Å². The molecule has 1 aromatic carbocycles. The highest BCUT2D eigenvalue weighted by Gasteiger charge is 2.24. The number of nitrogens with zero attached hydrogens (tertiary/aromatic N) is 5. The van der Waals surface area contributed by atoms with Gasteiger partial charge in [0.1, 0.15) is 5.82 Å². The lowest BCUT2D eigenvalue weighted by Gasteiger charge is -2.13. The number of amides is 1. The molecule has 154 valence electrons. The molecule has 1 amide bonds. The van der Waals surface area contributed by atoms with Crippen molar-refractivity contribution in [3.63, 3.8) is 0 Å². The van der Waals surface area contributed by atoms with E-state index in [0.717, 1.165) is 18.2 Å². The van der Waals surface area contributed by atoms with Gasteiger partial charge < -0.3 is 5.32 Å². The Hall–Kier alpha value is -4.15. The normalized spacial score (nSPS) is 11.2. The summed E-state index contributed by atoms with van der Waals surface area (Å²) in [7, 11) is 0. The second-order valence-electron chi connectivity index (χ2n) is 7.47. The largest absolute Gasteiger partial charge is 0.306 e. The van der Waals surface area contributed by atoms with Gasteiger partial charge in [-0.15, -0.1) is 0 Å². The number of pyridine rings is 1. The van der Waals surface area contributed by atoms with Gasteiger partial charge in [0.05, 0.1) is 27.2 Å². The Bertz CT molecular complexity index is 1100. The average molecular weight is 410 g/mol. The average Bonchev–Trinajstić information content (AvgIpc) is 3.12. The Morgan fingerprint density at radius 2 is 1.67 bits per heavy atom. The molecule has 3 rings (SSSR count). The molecule has 0 spiro atoms. The summed E-state index contributed by atoms with van der Waals surface area (Å²) in [5.41, 5.74) is -0.981. The van der Waals surface area contributed by atoms with E-state index in [4.69, 9.17) is 0 Å². The third-order valence-electron chi connectivity index (χ3n) is 4.17. The Labute approximate surface area is 170 Å². The number of rotatable bonds is 5. The highest BCUT2D eigenvalue weighted by molar-refractivity contribution is 6.04. The van der Waals surface area contributed by atoms with Crippen LogP contribution in [0.3, 0.4) is 0 Å². The molecule has 2 heterocycles. The van der Waals surface area contributed by atoms with Crippen LogP contribution in [0.4, 0.5) is 17.2 Å². The van der Waals surface area contributed by atoms with Crippen molar-refractivity contribution in [2.45, 2.75) is 26.2 Å². The fourth-order valence-corrected chi connectivity index (χ4v) is 2.62. The first-order valence-electron chi connectivity index (χ1n) is 8.83. The van der Waals surface area contributed by atoms with Crippen LogP contribution < -0.4 is 5.32 Å². The Balaban J connectivity index is 2.04. The van der Waals surface area contributed by atoms with E-state index in [1.807, 2.05) is 20.8 Å². The number of anilines is 1. The predicted molar refractivity (Wildman–Crippen MR) is 108 cm³/mol. The summed E-state index contributed by atoms with van der Waals surface area (Å²) in [5.74, 6) is -0.0227. The molecule has 0 aliphatic rings. The smallest absolute Gasteiger partial charge is 0.277 e. The van der Waals surface area contributed by atoms with Crippen LogP contribution in [0.25, 0.3) is 5.82 Å². The number of nitro groups is 2. The van der Waals surface area contributed by atoms with Gasteiger partial charge in [-0.25, -0.2) is 4.98 Å². The van der Waals surface area contributed by atoms with E-state index in [9.17, 15) is 25.0 Å². The van der Waals surface area contributed by atoms with Crippen LogP contribution in [0.1, 0.15) is 36.8 Å². The quantitative estimate of drug-likeness (QED) is 0.499. The van der Waals surface area contributed by atoms with Crippen LogP contribution in [0.5, 0.6) is 0 Å². The fraction of sp³-hybridized carbons (Fsp3) is 0.211. The van der Waals surface area contributed by atoms with Crippen molar-refractivity contribution in [3.8, 4) is 5.82 Å². The molecule has 0 saturated heterocycles. The molecule has 0 fully saturated rings. The maximum absolute atomic E-state index is 12.8. The summed E-state index contributed by atoms with van der Waals surface area (Å²) in [4.78, 5) is 37.6. The molecule has 11 heteroatoms. The molecule has 0 unspecified atom stereocenters. The molecule has 11 nitrogen and oxygen atoms in total. The van der Waals surface area contributed by atoms with Crippen molar-refractivity contribution < 1.29 is 14.6 Å². The Morgan fingerprint density at radius 3 is 2.17 bits per heavy atom. The number of benzene rings is 1. The molecule has 0 aliphatic heterocycles. The highest BCUT2D eigenvalue weighted by atomic mass is 16.6. The van der Waals surface area contributed by atoms with Gasteiger partial charge in [0, 0.05) is 29.8 Å². The van der Waals surface area contributed by atoms with Crippen LogP contribution >= 0.6 is 0 Å². The fourth-order valence-electron chi connectivity index (χ4n) is 2.62. The summed E-state index contributed by atoms with van der Waals surface area (Å²) in [5, 5.41) is 29.3. The molecule has 0 aliphatic carbocycles. The molecule has 3 aromatic rings. The third kappa shape index (κ3) is 4.29. The van der Waals surface area contributed by atoms with E-state index in [1.165, 1.54) is 4.68 Å². The van der Waals surface area contributed by atoms with Crippen LogP contribution in [0, 0.1) is 20.2 Å². The van der Waals surface area contributed by atoms with Gasteiger partial charge in [0.15, 0.2) is 5.82 Å². The first kappa shape index (κ1) is 20.6. The van der Waals surface area contributed by atoms with Crippen molar-refractivity contribution in [1.82, 2.24) is 14.8 Å². The van der Waals surface area contributed by atoms with Crippen LogP contribution in [0.15, 0.2) is 48.7 Å². The predicted octanol–water partition coefficient (Wildman–Crippen LogP) is 3.63. The van der Waals surface area contributed by atoms with E-state index >= 15 is 0 Å². The van der Waals surface area contributed by atoms with E-state index in [2.05, 4.69) is 15.4 Å². The van der Waals surface area contributed by atoms with Crippen LogP contribution in [0.2, 0.25) is 0 Å². The van der Waals surface area contributed by atoms with E-state index in [0.29, 0.717) is 11.5 Å². The Kier molecular flexibility index (Phi) is 5.28. The maximum atomic E-state index is 12.8. The summed E-state index contributed by atoms with van der Waals surface area (Å²) >= 11 is 0. The lowest BCUT2D eigenvalue weighted by Crippen LogP contribution is -2.16. The highest BCUT2D eigenvalue weighted by Crippen LogP contribution is 2.27. The second-order valence-corrected chi connectivity index (χ2v) is 7.47. The zero-order valence-corrected chi connectivity index (χ0v) is 16.4. The number of carbonyl (C=O) groups excluding carboxylic acids is 1. The van der Waals surface area contributed by atoms with Gasteiger partial charge in [-0.05, 0) is 12.1 Å².